The Morgan fingerprint density at radius 3 is 3.00 bits per heavy atom. The van der Waals surface area contributed by atoms with Gasteiger partial charge in [-0.05, 0) is 23.5 Å². The average molecular weight is 279 g/mol. The Balaban J connectivity index is 1.92. The lowest BCUT2D eigenvalue weighted by atomic mass is 10.0. The SMILES string of the molecule is Bc1cnn2c(NCc3cccnc3)cc(CCC)nc12. The fourth-order valence-corrected chi connectivity index (χ4v) is 2.33. The topological polar surface area (TPSA) is 55.1 Å². The molecule has 0 radical (unpaired) electrons. The Morgan fingerprint density at radius 2 is 2.24 bits per heavy atom. The number of nitrogens with zero attached hydrogens (tertiary/aromatic N) is 4. The van der Waals surface area contributed by atoms with E-state index < -0.39 is 0 Å². The molecule has 3 aromatic rings. The monoisotopic (exact) mass is 279 g/mol. The lowest BCUT2D eigenvalue weighted by molar-refractivity contribution is 0.856. The Kier molecular flexibility index (Phi) is 3.86. The second kappa shape index (κ2) is 5.95. The summed E-state index contributed by atoms with van der Waals surface area (Å²) in [6.45, 7) is 2.88. The number of hydrogen-bond donors (Lipinski definition) is 1. The van der Waals surface area contributed by atoms with E-state index in [2.05, 4.69) is 39.4 Å². The zero-order valence-electron chi connectivity index (χ0n) is 12.4. The van der Waals surface area contributed by atoms with Crippen LogP contribution in [-0.2, 0) is 13.0 Å². The van der Waals surface area contributed by atoms with E-state index in [9.17, 15) is 0 Å². The van der Waals surface area contributed by atoms with E-state index in [1.165, 1.54) is 0 Å². The normalized spacial score (nSPS) is 10.9. The first-order valence-corrected chi connectivity index (χ1v) is 7.25. The first-order chi connectivity index (χ1) is 10.3. The predicted molar refractivity (Wildman–Crippen MR) is 86.7 cm³/mol. The molecule has 0 atom stereocenters. The van der Waals surface area contributed by atoms with Gasteiger partial charge in [-0.25, -0.2) is 4.98 Å². The number of rotatable bonds is 5. The predicted octanol–water partition coefficient (Wildman–Crippen LogP) is 0.947. The van der Waals surface area contributed by atoms with E-state index in [0.717, 1.165) is 47.6 Å². The second-order valence-electron chi connectivity index (χ2n) is 5.16. The first kappa shape index (κ1) is 13.6. The third kappa shape index (κ3) is 2.89. The molecular formula is C15H18BN5. The van der Waals surface area contributed by atoms with Crippen LogP contribution in [0.15, 0.2) is 36.8 Å². The van der Waals surface area contributed by atoms with Crippen molar-refractivity contribution in [1.82, 2.24) is 19.6 Å². The van der Waals surface area contributed by atoms with Gasteiger partial charge in [0.05, 0.1) is 0 Å². The van der Waals surface area contributed by atoms with Gasteiger partial charge >= 0.3 is 0 Å². The van der Waals surface area contributed by atoms with Crippen LogP contribution in [0.3, 0.4) is 0 Å². The highest BCUT2D eigenvalue weighted by molar-refractivity contribution is 6.36. The van der Waals surface area contributed by atoms with E-state index in [4.69, 9.17) is 0 Å². The Labute approximate surface area is 124 Å². The van der Waals surface area contributed by atoms with Gasteiger partial charge in [-0.3, -0.25) is 4.98 Å². The van der Waals surface area contributed by atoms with Gasteiger partial charge in [-0.2, -0.15) is 9.61 Å². The van der Waals surface area contributed by atoms with Gasteiger partial charge in [0.2, 0.25) is 0 Å². The minimum absolute atomic E-state index is 0.720. The molecule has 0 aliphatic rings. The highest BCUT2D eigenvalue weighted by Crippen LogP contribution is 2.13. The summed E-state index contributed by atoms with van der Waals surface area (Å²) in [5.74, 6) is 0.973. The Bertz CT molecular complexity index is 738. The molecule has 5 nitrogen and oxygen atoms in total. The number of nitrogens with one attached hydrogen (secondary N) is 1. The average Bonchev–Trinajstić information content (AvgIpc) is 2.88. The number of anilines is 1. The van der Waals surface area contributed by atoms with Gasteiger partial charge in [0.15, 0.2) is 5.65 Å². The summed E-state index contributed by atoms with van der Waals surface area (Å²) < 4.78 is 1.87. The minimum atomic E-state index is 0.720. The molecule has 6 heteroatoms. The zero-order chi connectivity index (χ0) is 14.7. The van der Waals surface area contributed by atoms with E-state index in [0.29, 0.717) is 0 Å². The second-order valence-corrected chi connectivity index (χ2v) is 5.16. The molecule has 0 spiro atoms. The molecule has 1 N–H and O–H groups in total. The van der Waals surface area contributed by atoms with Crippen molar-refractivity contribution in [3.63, 3.8) is 0 Å². The summed E-state index contributed by atoms with van der Waals surface area (Å²) in [7, 11) is 2.04. The third-order valence-corrected chi connectivity index (χ3v) is 3.40. The highest BCUT2D eigenvalue weighted by Gasteiger charge is 2.08. The largest absolute Gasteiger partial charge is 0.366 e. The number of fused-ring (bicyclic) bond motifs is 1. The summed E-state index contributed by atoms with van der Waals surface area (Å²) in [6, 6.07) is 6.08. The van der Waals surface area contributed by atoms with Gasteiger partial charge in [0, 0.05) is 36.9 Å². The molecule has 3 rings (SSSR count). The van der Waals surface area contributed by atoms with Gasteiger partial charge < -0.3 is 5.32 Å². The molecule has 106 valence electrons. The third-order valence-electron chi connectivity index (χ3n) is 3.40. The quantitative estimate of drug-likeness (QED) is 0.706. The maximum absolute atomic E-state index is 4.69. The van der Waals surface area contributed by atoms with E-state index in [1.54, 1.807) is 6.20 Å². The molecule has 0 aromatic carbocycles. The maximum atomic E-state index is 4.69. The number of hydrogen-bond acceptors (Lipinski definition) is 4. The van der Waals surface area contributed by atoms with Gasteiger partial charge in [0.25, 0.3) is 0 Å². The minimum Gasteiger partial charge on any atom is -0.366 e. The van der Waals surface area contributed by atoms with E-state index in [1.807, 2.05) is 30.8 Å². The van der Waals surface area contributed by atoms with Crippen LogP contribution in [0, 0.1) is 0 Å². The molecule has 0 amide bonds. The lowest BCUT2D eigenvalue weighted by Crippen LogP contribution is -2.10. The van der Waals surface area contributed by atoms with E-state index >= 15 is 0 Å². The van der Waals surface area contributed by atoms with Gasteiger partial charge in [0.1, 0.15) is 13.7 Å². The fraction of sp³-hybridized carbons (Fsp3) is 0.267. The van der Waals surface area contributed by atoms with Crippen molar-refractivity contribution in [2.45, 2.75) is 26.3 Å². The first-order valence-electron chi connectivity index (χ1n) is 7.25. The molecule has 0 fully saturated rings. The molecule has 0 aliphatic heterocycles. The molecule has 0 saturated carbocycles. The van der Waals surface area contributed by atoms with Gasteiger partial charge in [-0.15, -0.1) is 0 Å². The molecule has 0 saturated heterocycles. The lowest BCUT2D eigenvalue weighted by Gasteiger charge is -2.10. The van der Waals surface area contributed by atoms with Crippen LogP contribution in [0.5, 0.6) is 0 Å². The van der Waals surface area contributed by atoms with Crippen molar-refractivity contribution in [3.8, 4) is 0 Å². The van der Waals surface area contributed by atoms with Gasteiger partial charge in [-0.1, -0.05) is 19.4 Å². The van der Waals surface area contributed by atoms with Crippen molar-refractivity contribution < 1.29 is 0 Å². The number of pyridine rings is 1. The van der Waals surface area contributed by atoms with Crippen LogP contribution < -0.4 is 10.8 Å². The van der Waals surface area contributed by atoms with Crippen LogP contribution in [-0.4, -0.2) is 27.4 Å². The summed E-state index contributed by atoms with van der Waals surface area (Å²) in [5.41, 5.74) is 4.26. The van der Waals surface area contributed by atoms with Crippen LogP contribution in [0.1, 0.15) is 24.6 Å². The molecular weight excluding hydrogens is 261 g/mol. The molecule has 0 unspecified atom stereocenters. The van der Waals surface area contributed by atoms with Crippen molar-refractivity contribution >= 4 is 24.8 Å². The van der Waals surface area contributed by atoms with Crippen molar-refractivity contribution in [2.24, 2.45) is 0 Å². The Hall–Kier alpha value is -2.37. The van der Waals surface area contributed by atoms with Crippen LogP contribution >= 0.6 is 0 Å². The molecule has 0 bridgehead atoms. The van der Waals surface area contributed by atoms with Crippen molar-refractivity contribution in [2.75, 3.05) is 5.32 Å². The Morgan fingerprint density at radius 1 is 1.33 bits per heavy atom. The van der Waals surface area contributed by atoms with Crippen LogP contribution in [0.25, 0.3) is 5.65 Å². The molecule has 0 aliphatic carbocycles. The summed E-state index contributed by atoms with van der Waals surface area (Å²) in [4.78, 5) is 8.82. The fourth-order valence-electron chi connectivity index (χ4n) is 2.33. The number of aromatic nitrogens is 4. The standard InChI is InChI=1S/C15H18BN5/c1-2-4-12-7-14(18-9-11-5-3-6-17-8-11)21-15(20-12)13(16)10-19-21/h3,5-8,10,18H,2,4,9,16H2,1H3. The molecule has 3 heterocycles. The smallest absolute Gasteiger partial charge is 0.151 e. The van der Waals surface area contributed by atoms with Crippen LogP contribution in [0.4, 0.5) is 5.82 Å². The van der Waals surface area contributed by atoms with Crippen molar-refractivity contribution in [3.05, 3.63) is 48.0 Å². The van der Waals surface area contributed by atoms with Crippen LogP contribution in [0.2, 0.25) is 0 Å². The zero-order valence-corrected chi connectivity index (χ0v) is 12.4. The van der Waals surface area contributed by atoms with Crippen molar-refractivity contribution in [1.29, 1.82) is 0 Å². The molecule has 3 aromatic heterocycles. The number of aryl methyl sites for hydroxylation is 1. The summed E-state index contributed by atoms with van der Waals surface area (Å²) in [6.07, 6.45) is 7.56. The summed E-state index contributed by atoms with van der Waals surface area (Å²) >= 11 is 0. The van der Waals surface area contributed by atoms with E-state index in [-0.39, 0.29) is 0 Å². The maximum Gasteiger partial charge on any atom is 0.151 e. The highest BCUT2D eigenvalue weighted by atomic mass is 15.3. The summed E-state index contributed by atoms with van der Waals surface area (Å²) in [5, 5.41) is 7.84. The molecule has 21 heavy (non-hydrogen) atoms.